The maximum atomic E-state index is 12.9. The van der Waals surface area contributed by atoms with Gasteiger partial charge in [0.05, 0.1) is 15.7 Å². The molecule has 0 amide bonds. The molecule has 2 rings (SSSR count). The summed E-state index contributed by atoms with van der Waals surface area (Å²) >= 11 is 0. The first-order valence-electron chi connectivity index (χ1n) is 5.94. The molecule has 1 N–H and O–H groups in total. The highest BCUT2D eigenvalue weighted by Crippen LogP contribution is 2.36. The van der Waals surface area contributed by atoms with Crippen LogP contribution in [0.3, 0.4) is 0 Å². The zero-order valence-corrected chi connectivity index (χ0v) is 12.1. The first-order valence-corrected chi connectivity index (χ1v) is 7.49. The largest absolute Gasteiger partial charge is 0.417 e. The summed E-state index contributed by atoms with van der Waals surface area (Å²) in [7, 11) is -3.94. The third-order valence-corrected chi connectivity index (χ3v) is 5.54. The maximum absolute atomic E-state index is 12.9. The molecule has 1 aromatic carbocycles. The van der Waals surface area contributed by atoms with Gasteiger partial charge in [-0.1, -0.05) is 12.1 Å². The van der Waals surface area contributed by atoms with Gasteiger partial charge in [0.25, 0.3) is 0 Å². The molecule has 0 radical (unpaired) electrons. The van der Waals surface area contributed by atoms with Gasteiger partial charge in [-0.05, 0) is 38.1 Å². The lowest BCUT2D eigenvalue weighted by molar-refractivity contribution is -0.139. The Morgan fingerprint density at radius 2 is 1.65 bits per heavy atom. The summed E-state index contributed by atoms with van der Waals surface area (Å²) in [6.45, 7) is 1.02. The van der Waals surface area contributed by atoms with Crippen molar-refractivity contribution in [3.8, 4) is 0 Å². The van der Waals surface area contributed by atoms with Crippen molar-refractivity contribution in [1.29, 1.82) is 0 Å². The zero-order valence-electron chi connectivity index (χ0n) is 10.5. The maximum Gasteiger partial charge on any atom is 0.417 e. The molecule has 1 heterocycles. The SMILES string of the molecule is Cl.O=S(=O)(c1ccccc1C(F)(F)F)C1CCNCC1. The van der Waals surface area contributed by atoms with Crippen LogP contribution in [0.25, 0.3) is 0 Å². The lowest BCUT2D eigenvalue weighted by Gasteiger charge is -2.24. The van der Waals surface area contributed by atoms with Gasteiger partial charge < -0.3 is 5.32 Å². The van der Waals surface area contributed by atoms with Crippen LogP contribution >= 0.6 is 12.4 Å². The van der Waals surface area contributed by atoms with Crippen molar-refractivity contribution in [2.75, 3.05) is 13.1 Å². The van der Waals surface area contributed by atoms with Gasteiger partial charge >= 0.3 is 6.18 Å². The van der Waals surface area contributed by atoms with Crippen LogP contribution in [0.15, 0.2) is 29.2 Å². The average Bonchev–Trinajstić information content (AvgIpc) is 2.39. The van der Waals surface area contributed by atoms with Crippen LogP contribution in [0, 0.1) is 0 Å². The third-order valence-electron chi connectivity index (χ3n) is 3.22. The summed E-state index contributed by atoms with van der Waals surface area (Å²) < 4.78 is 63.3. The summed E-state index contributed by atoms with van der Waals surface area (Å²) in [6, 6.07) is 4.38. The lowest BCUT2D eigenvalue weighted by Crippen LogP contribution is -2.36. The van der Waals surface area contributed by atoms with Gasteiger partial charge in [0.2, 0.25) is 0 Å². The Balaban J connectivity index is 0.00000200. The van der Waals surface area contributed by atoms with Crippen molar-refractivity contribution in [2.45, 2.75) is 29.2 Å². The monoisotopic (exact) mass is 329 g/mol. The van der Waals surface area contributed by atoms with E-state index >= 15 is 0 Å². The Bertz CT molecular complexity index is 554. The van der Waals surface area contributed by atoms with Crippen molar-refractivity contribution in [2.24, 2.45) is 0 Å². The fraction of sp³-hybridized carbons (Fsp3) is 0.500. The highest BCUT2D eigenvalue weighted by atomic mass is 35.5. The number of rotatable bonds is 2. The molecular formula is C12H15ClF3NO2S. The van der Waals surface area contributed by atoms with E-state index in [1.165, 1.54) is 12.1 Å². The molecule has 0 saturated carbocycles. The molecular weight excluding hydrogens is 315 g/mol. The van der Waals surface area contributed by atoms with Gasteiger partial charge in [0.15, 0.2) is 9.84 Å². The van der Waals surface area contributed by atoms with E-state index in [-0.39, 0.29) is 12.4 Å². The predicted octanol–water partition coefficient (Wildman–Crippen LogP) is 2.65. The normalized spacial score (nSPS) is 17.6. The van der Waals surface area contributed by atoms with Crippen LogP contribution < -0.4 is 5.32 Å². The molecule has 1 aromatic rings. The van der Waals surface area contributed by atoms with E-state index in [4.69, 9.17) is 0 Å². The van der Waals surface area contributed by atoms with E-state index in [1.807, 2.05) is 0 Å². The summed E-state index contributed by atoms with van der Waals surface area (Å²) in [5.41, 5.74) is -1.08. The van der Waals surface area contributed by atoms with Crippen molar-refractivity contribution in [3.63, 3.8) is 0 Å². The van der Waals surface area contributed by atoms with Crippen LogP contribution in [-0.2, 0) is 16.0 Å². The van der Waals surface area contributed by atoms with Crippen LogP contribution in [0.4, 0.5) is 13.2 Å². The Kier molecular flexibility index (Phi) is 5.46. The minimum absolute atomic E-state index is 0. The zero-order chi connectivity index (χ0) is 14.1. The number of piperidine rings is 1. The molecule has 0 aliphatic carbocycles. The van der Waals surface area contributed by atoms with E-state index in [0.717, 1.165) is 12.1 Å². The van der Waals surface area contributed by atoms with Crippen LogP contribution in [-0.4, -0.2) is 26.8 Å². The Morgan fingerprint density at radius 3 is 2.20 bits per heavy atom. The summed E-state index contributed by atoms with van der Waals surface area (Å²) in [4.78, 5) is -0.602. The minimum atomic E-state index is -4.66. The number of hydrogen-bond donors (Lipinski definition) is 1. The number of nitrogens with one attached hydrogen (secondary N) is 1. The number of hydrogen-bond acceptors (Lipinski definition) is 3. The molecule has 8 heteroatoms. The summed E-state index contributed by atoms with van der Waals surface area (Å²) in [6.07, 6.45) is -3.97. The van der Waals surface area contributed by atoms with Crippen LogP contribution in [0.1, 0.15) is 18.4 Å². The molecule has 0 spiro atoms. The second-order valence-corrected chi connectivity index (χ2v) is 6.68. The van der Waals surface area contributed by atoms with Crippen LogP contribution in [0.5, 0.6) is 0 Å². The second-order valence-electron chi connectivity index (χ2n) is 4.49. The standard InChI is InChI=1S/C12H14F3NO2S.ClH/c13-12(14,15)10-3-1-2-4-11(10)19(17,18)9-5-7-16-8-6-9;/h1-4,9,16H,5-8H2;1H. The van der Waals surface area contributed by atoms with Crippen molar-refractivity contribution < 1.29 is 21.6 Å². The Labute approximate surface area is 121 Å². The number of sulfone groups is 1. The molecule has 3 nitrogen and oxygen atoms in total. The summed E-state index contributed by atoms with van der Waals surface area (Å²) in [5.74, 6) is 0. The smallest absolute Gasteiger partial charge is 0.317 e. The topological polar surface area (TPSA) is 46.2 Å². The number of benzene rings is 1. The molecule has 0 unspecified atom stereocenters. The Hall–Kier alpha value is -0.790. The van der Waals surface area contributed by atoms with Gasteiger partial charge in [-0.2, -0.15) is 13.2 Å². The highest BCUT2D eigenvalue weighted by Gasteiger charge is 2.39. The van der Waals surface area contributed by atoms with Gasteiger partial charge in [-0.15, -0.1) is 12.4 Å². The lowest BCUT2D eigenvalue weighted by atomic mass is 10.2. The first-order chi connectivity index (χ1) is 8.83. The fourth-order valence-corrected chi connectivity index (χ4v) is 4.21. The van der Waals surface area contributed by atoms with Crippen molar-refractivity contribution in [3.05, 3.63) is 29.8 Å². The van der Waals surface area contributed by atoms with E-state index in [2.05, 4.69) is 5.32 Å². The second kappa shape index (κ2) is 6.32. The highest BCUT2D eigenvalue weighted by molar-refractivity contribution is 7.92. The van der Waals surface area contributed by atoms with E-state index in [0.29, 0.717) is 25.9 Å². The molecule has 114 valence electrons. The molecule has 0 bridgehead atoms. The average molecular weight is 330 g/mol. The summed E-state index contributed by atoms with van der Waals surface area (Å²) in [5, 5.41) is 2.26. The number of alkyl halides is 3. The van der Waals surface area contributed by atoms with Crippen molar-refractivity contribution >= 4 is 22.2 Å². The quantitative estimate of drug-likeness (QED) is 0.907. The van der Waals surface area contributed by atoms with E-state index in [9.17, 15) is 21.6 Å². The molecule has 0 aromatic heterocycles. The van der Waals surface area contributed by atoms with E-state index in [1.54, 1.807) is 0 Å². The van der Waals surface area contributed by atoms with Gasteiger partial charge in [0, 0.05) is 0 Å². The van der Waals surface area contributed by atoms with Gasteiger partial charge in [0.1, 0.15) is 0 Å². The molecule has 0 atom stereocenters. The van der Waals surface area contributed by atoms with E-state index < -0.39 is 31.7 Å². The molecule has 1 aliphatic rings. The fourth-order valence-electron chi connectivity index (χ4n) is 2.23. The van der Waals surface area contributed by atoms with Crippen LogP contribution in [0.2, 0.25) is 0 Å². The van der Waals surface area contributed by atoms with Crippen molar-refractivity contribution in [1.82, 2.24) is 5.32 Å². The third kappa shape index (κ3) is 3.45. The molecule has 1 aliphatic heterocycles. The van der Waals surface area contributed by atoms with Gasteiger partial charge in [-0.25, -0.2) is 8.42 Å². The van der Waals surface area contributed by atoms with Gasteiger partial charge in [-0.3, -0.25) is 0 Å². The molecule has 1 saturated heterocycles. The molecule has 20 heavy (non-hydrogen) atoms. The Morgan fingerprint density at radius 1 is 1.10 bits per heavy atom. The number of halogens is 4. The predicted molar refractivity (Wildman–Crippen MR) is 71.8 cm³/mol. The first kappa shape index (κ1) is 17.3. The molecule has 1 fully saturated rings. The minimum Gasteiger partial charge on any atom is -0.317 e.